The lowest BCUT2D eigenvalue weighted by atomic mass is 9.89. The van der Waals surface area contributed by atoms with E-state index in [1.807, 2.05) is 0 Å². The number of nitrogens with zero attached hydrogens (tertiary/aromatic N) is 2. The van der Waals surface area contributed by atoms with Gasteiger partial charge in [0.15, 0.2) is 0 Å². The summed E-state index contributed by atoms with van der Waals surface area (Å²) in [5, 5.41) is 27.8. The number of alkyl halides is 3. The highest BCUT2D eigenvalue weighted by atomic mass is 19.4. The third-order valence-electron chi connectivity index (χ3n) is 2.68. The molecule has 0 aliphatic carbocycles. The molecule has 2 N–H and O–H groups in total. The lowest BCUT2D eigenvalue weighted by molar-refractivity contribution is -0.141. The van der Waals surface area contributed by atoms with Crippen LogP contribution in [-0.2, 0) is 6.18 Å². The molecule has 0 aliphatic rings. The van der Waals surface area contributed by atoms with Crippen LogP contribution in [0.15, 0.2) is 12.1 Å². The van der Waals surface area contributed by atoms with Gasteiger partial charge in [0.25, 0.3) is 0 Å². The van der Waals surface area contributed by atoms with Crippen LogP contribution >= 0.6 is 0 Å². The Hall–Kier alpha value is -1.65. The average molecular weight is 274 g/mol. The molecular weight excluding hydrogens is 261 g/mol. The van der Waals surface area contributed by atoms with Crippen molar-refractivity contribution >= 4 is 0 Å². The highest BCUT2D eigenvalue weighted by Crippen LogP contribution is 2.32. The van der Waals surface area contributed by atoms with Gasteiger partial charge in [0, 0.05) is 5.92 Å². The minimum Gasteiger partial charge on any atom is -0.393 e. The summed E-state index contributed by atoms with van der Waals surface area (Å²) in [6.45, 7) is 2.72. The first-order chi connectivity index (χ1) is 8.66. The van der Waals surface area contributed by atoms with Gasteiger partial charge in [-0.15, -0.1) is 0 Å². The monoisotopic (exact) mass is 274 g/mol. The van der Waals surface area contributed by atoms with Crippen molar-refractivity contribution in [2.45, 2.75) is 38.1 Å². The van der Waals surface area contributed by atoms with Gasteiger partial charge < -0.3 is 10.2 Å². The Labute approximate surface area is 108 Å². The summed E-state index contributed by atoms with van der Waals surface area (Å²) >= 11 is 0. The Balaban J connectivity index is 3.39. The van der Waals surface area contributed by atoms with Gasteiger partial charge in [0.1, 0.15) is 17.5 Å². The van der Waals surface area contributed by atoms with Crippen LogP contribution in [0.1, 0.15) is 36.7 Å². The molecule has 1 aromatic heterocycles. The number of rotatable bonds is 3. The van der Waals surface area contributed by atoms with Crippen LogP contribution < -0.4 is 0 Å². The first-order valence-corrected chi connectivity index (χ1v) is 5.52. The van der Waals surface area contributed by atoms with Crippen LogP contribution in [0.4, 0.5) is 13.2 Å². The Morgan fingerprint density at radius 2 is 1.74 bits per heavy atom. The molecule has 0 bridgehead atoms. The van der Waals surface area contributed by atoms with E-state index in [0.717, 1.165) is 12.1 Å². The SMILES string of the molecule is CC(O)C(c1cc(C#N)nc(C(F)(F)F)c1)C(C)O. The molecule has 0 aliphatic heterocycles. The van der Waals surface area contributed by atoms with Crippen molar-refractivity contribution in [3.8, 4) is 6.07 Å². The Bertz CT molecular complexity index is 485. The van der Waals surface area contributed by atoms with E-state index in [0.29, 0.717) is 0 Å². The number of pyridine rings is 1. The second-order valence-electron chi connectivity index (χ2n) is 4.29. The van der Waals surface area contributed by atoms with Crippen molar-refractivity contribution in [2.24, 2.45) is 0 Å². The van der Waals surface area contributed by atoms with E-state index in [1.54, 1.807) is 0 Å². The molecule has 2 atom stereocenters. The van der Waals surface area contributed by atoms with Crippen molar-refractivity contribution < 1.29 is 23.4 Å². The van der Waals surface area contributed by atoms with Gasteiger partial charge in [0.2, 0.25) is 0 Å². The molecule has 4 nitrogen and oxygen atoms in total. The topological polar surface area (TPSA) is 77.1 Å². The minimum absolute atomic E-state index is 0.0314. The van der Waals surface area contributed by atoms with E-state index in [1.165, 1.54) is 19.9 Å². The zero-order valence-corrected chi connectivity index (χ0v) is 10.3. The number of aliphatic hydroxyl groups excluding tert-OH is 2. The molecule has 1 rings (SSSR count). The number of hydrogen-bond donors (Lipinski definition) is 2. The van der Waals surface area contributed by atoms with Crippen molar-refractivity contribution in [1.82, 2.24) is 4.98 Å². The summed E-state index contributed by atoms with van der Waals surface area (Å²) < 4.78 is 38.0. The number of nitriles is 1. The van der Waals surface area contributed by atoms with E-state index in [4.69, 9.17) is 5.26 Å². The normalized spacial score (nSPS) is 16.5. The molecule has 19 heavy (non-hydrogen) atoms. The molecule has 104 valence electrons. The van der Waals surface area contributed by atoms with E-state index in [2.05, 4.69) is 4.98 Å². The van der Waals surface area contributed by atoms with E-state index < -0.39 is 35.7 Å². The zero-order chi connectivity index (χ0) is 14.8. The summed E-state index contributed by atoms with van der Waals surface area (Å²) in [6.07, 6.45) is -6.81. The van der Waals surface area contributed by atoms with E-state index in [9.17, 15) is 23.4 Å². The molecular formula is C12H13F3N2O2. The molecule has 0 fully saturated rings. The fourth-order valence-corrected chi connectivity index (χ4v) is 1.91. The third-order valence-corrected chi connectivity index (χ3v) is 2.68. The largest absolute Gasteiger partial charge is 0.433 e. The second kappa shape index (κ2) is 5.55. The van der Waals surface area contributed by atoms with Crippen molar-refractivity contribution in [3.05, 3.63) is 29.1 Å². The lowest BCUT2D eigenvalue weighted by Gasteiger charge is -2.24. The smallest absolute Gasteiger partial charge is 0.393 e. The van der Waals surface area contributed by atoms with Gasteiger partial charge in [-0.2, -0.15) is 18.4 Å². The summed E-state index contributed by atoms with van der Waals surface area (Å²) in [5.74, 6) is -0.920. The van der Waals surface area contributed by atoms with Crippen LogP contribution in [0, 0.1) is 11.3 Å². The molecule has 0 saturated heterocycles. The number of aliphatic hydroxyl groups is 2. The maximum atomic E-state index is 12.7. The number of hydrogen-bond acceptors (Lipinski definition) is 4. The van der Waals surface area contributed by atoms with Gasteiger partial charge in [-0.1, -0.05) is 0 Å². The molecule has 1 heterocycles. The van der Waals surface area contributed by atoms with Crippen LogP contribution in [0.2, 0.25) is 0 Å². The van der Waals surface area contributed by atoms with Crippen molar-refractivity contribution in [3.63, 3.8) is 0 Å². The van der Waals surface area contributed by atoms with Gasteiger partial charge in [-0.25, -0.2) is 4.98 Å². The van der Waals surface area contributed by atoms with Crippen molar-refractivity contribution in [2.75, 3.05) is 0 Å². The quantitative estimate of drug-likeness (QED) is 0.881. The summed E-state index contributed by atoms with van der Waals surface area (Å²) in [6, 6.07) is 3.42. The maximum absolute atomic E-state index is 12.7. The van der Waals surface area contributed by atoms with Gasteiger partial charge in [0.05, 0.1) is 12.2 Å². The van der Waals surface area contributed by atoms with Crippen LogP contribution in [0.5, 0.6) is 0 Å². The minimum atomic E-state index is -4.69. The standard InChI is InChI=1S/C12H13F3N2O2/c1-6(18)11(7(2)19)8-3-9(5-16)17-10(4-8)12(13,14)15/h3-4,6-7,11,18-19H,1-2H3. The molecule has 0 aromatic carbocycles. The second-order valence-corrected chi connectivity index (χ2v) is 4.29. The van der Waals surface area contributed by atoms with E-state index in [-0.39, 0.29) is 5.56 Å². The number of aromatic nitrogens is 1. The fraction of sp³-hybridized carbons (Fsp3) is 0.500. The summed E-state index contributed by atoms with van der Waals surface area (Å²) in [5.41, 5.74) is -1.59. The predicted molar refractivity (Wildman–Crippen MR) is 60.1 cm³/mol. The Morgan fingerprint density at radius 3 is 2.11 bits per heavy atom. The molecule has 7 heteroatoms. The predicted octanol–water partition coefficient (Wildman–Crippen LogP) is 1.82. The Kier molecular flexibility index (Phi) is 4.50. The van der Waals surface area contributed by atoms with Gasteiger partial charge in [-0.05, 0) is 31.5 Å². The summed E-state index contributed by atoms with van der Waals surface area (Å²) in [7, 11) is 0. The van der Waals surface area contributed by atoms with Gasteiger partial charge >= 0.3 is 6.18 Å². The fourth-order valence-electron chi connectivity index (χ4n) is 1.91. The first-order valence-electron chi connectivity index (χ1n) is 5.52. The molecule has 0 spiro atoms. The average Bonchev–Trinajstić information content (AvgIpc) is 2.26. The molecule has 0 radical (unpaired) electrons. The molecule has 2 unspecified atom stereocenters. The van der Waals surface area contributed by atoms with Crippen LogP contribution in [-0.4, -0.2) is 27.4 Å². The zero-order valence-electron chi connectivity index (χ0n) is 10.3. The lowest BCUT2D eigenvalue weighted by Crippen LogP contribution is -2.26. The van der Waals surface area contributed by atoms with Crippen molar-refractivity contribution in [1.29, 1.82) is 5.26 Å². The number of halogens is 3. The summed E-state index contributed by atoms with van der Waals surface area (Å²) in [4.78, 5) is 3.17. The molecule has 0 amide bonds. The first kappa shape index (κ1) is 15.4. The highest BCUT2D eigenvalue weighted by Gasteiger charge is 2.35. The maximum Gasteiger partial charge on any atom is 0.433 e. The third kappa shape index (κ3) is 3.66. The molecule has 0 saturated carbocycles. The molecule has 1 aromatic rings. The Morgan fingerprint density at radius 1 is 1.21 bits per heavy atom. The van der Waals surface area contributed by atoms with Crippen LogP contribution in [0.3, 0.4) is 0 Å². The highest BCUT2D eigenvalue weighted by molar-refractivity contribution is 5.33. The van der Waals surface area contributed by atoms with Crippen LogP contribution in [0.25, 0.3) is 0 Å². The van der Waals surface area contributed by atoms with E-state index >= 15 is 0 Å². The van der Waals surface area contributed by atoms with Gasteiger partial charge in [-0.3, -0.25) is 0 Å².